The highest BCUT2D eigenvalue weighted by Crippen LogP contribution is 2.35. The molecule has 0 spiro atoms. The van der Waals surface area contributed by atoms with Crippen LogP contribution in [0.1, 0.15) is 16.2 Å². The van der Waals surface area contributed by atoms with E-state index in [1.807, 2.05) is 0 Å². The van der Waals surface area contributed by atoms with E-state index in [1.54, 1.807) is 6.26 Å². The highest BCUT2D eigenvalue weighted by Gasteiger charge is 2.20. The first kappa shape index (κ1) is 12.2. The van der Waals surface area contributed by atoms with E-state index in [9.17, 15) is 15.0 Å². The molecule has 0 saturated heterocycles. The third-order valence-electron chi connectivity index (χ3n) is 2.11. The summed E-state index contributed by atoms with van der Waals surface area (Å²) in [5, 5.41) is 35.1. The third kappa shape index (κ3) is 2.09. The molecule has 7 nitrogen and oxygen atoms in total. The van der Waals surface area contributed by atoms with Crippen LogP contribution >= 0.6 is 11.8 Å². The monoisotopic (exact) mass is 268 g/mol. The number of hydrogen-bond acceptors (Lipinski definition) is 8. The van der Waals surface area contributed by atoms with Crippen molar-refractivity contribution in [3.8, 4) is 17.2 Å². The number of aromatic hydroxyl groups is 3. The third-order valence-corrected chi connectivity index (χ3v) is 2.62. The first-order valence-corrected chi connectivity index (χ1v) is 5.92. The minimum absolute atomic E-state index is 0.0703. The molecular weight excluding hydrogens is 260 g/mol. The molecule has 18 heavy (non-hydrogen) atoms. The maximum atomic E-state index is 11.9. The van der Waals surface area contributed by atoms with Crippen molar-refractivity contribution in [3.63, 3.8) is 0 Å². The van der Waals surface area contributed by atoms with Gasteiger partial charge in [-0.1, -0.05) is 11.8 Å². The minimum Gasteiger partial charge on any atom is -0.504 e. The van der Waals surface area contributed by atoms with Crippen molar-refractivity contribution in [2.75, 3.05) is 6.26 Å². The van der Waals surface area contributed by atoms with Gasteiger partial charge in [-0.15, -0.1) is 10.2 Å². The lowest BCUT2D eigenvalue weighted by atomic mass is 10.1. The fraction of sp³-hybridized carbons (Fsp3) is 0.100. The van der Waals surface area contributed by atoms with E-state index in [2.05, 4.69) is 10.2 Å². The van der Waals surface area contributed by atoms with Crippen molar-refractivity contribution in [2.45, 2.75) is 5.22 Å². The second-order valence-electron chi connectivity index (χ2n) is 3.27. The summed E-state index contributed by atoms with van der Waals surface area (Å²) in [6.45, 7) is 0. The lowest BCUT2D eigenvalue weighted by molar-refractivity contribution is 0.0997. The molecule has 0 aliphatic heterocycles. The van der Waals surface area contributed by atoms with Crippen LogP contribution in [-0.4, -0.2) is 37.6 Å². The number of aromatic nitrogens is 2. The summed E-state index contributed by atoms with van der Waals surface area (Å²) in [6.07, 6.45) is 1.71. The Kier molecular flexibility index (Phi) is 3.11. The maximum absolute atomic E-state index is 11.9. The molecule has 0 radical (unpaired) electrons. The number of carbonyl (C=O) groups is 1. The summed E-state index contributed by atoms with van der Waals surface area (Å²) in [4.78, 5) is 11.9. The molecule has 0 aliphatic rings. The first-order valence-electron chi connectivity index (χ1n) is 4.70. The van der Waals surface area contributed by atoms with Gasteiger partial charge >= 0.3 is 0 Å². The van der Waals surface area contributed by atoms with E-state index in [4.69, 9.17) is 9.52 Å². The van der Waals surface area contributed by atoms with Crippen molar-refractivity contribution >= 4 is 17.5 Å². The maximum Gasteiger partial charge on any atom is 0.289 e. The number of nitrogens with zero attached hydrogens (tertiary/aromatic N) is 2. The number of rotatable bonds is 3. The summed E-state index contributed by atoms with van der Waals surface area (Å²) >= 11 is 1.18. The second kappa shape index (κ2) is 4.57. The van der Waals surface area contributed by atoms with E-state index >= 15 is 0 Å². The van der Waals surface area contributed by atoms with Gasteiger partial charge in [-0.3, -0.25) is 4.79 Å². The van der Waals surface area contributed by atoms with E-state index in [0.29, 0.717) is 0 Å². The molecule has 3 N–H and O–H groups in total. The number of benzene rings is 1. The molecule has 0 atom stereocenters. The molecule has 94 valence electrons. The van der Waals surface area contributed by atoms with Crippen LogP contribution in [0.15, 0.2) is 21.8 Å². The van der Waals surface area contributed by atoms with Crippen LogP contribution in [0.5, 0.6) is 17.2 Å². The van der Waals surface area contributed by atoms with Gasteiger partial charge in [-0.25, -0.2) is 0 Å². The van der Waals surface area contributed by atoms with Gasteiger partial charge < -0.3 is 19.7 Å². The molecule has 0 bridgehead atoms. The zero-order valence-electron chi connectivity index (χ0n) is 9.12. The normalized spacial score (nSPS) is 10.5. The molecule has 1 aromatic carbocycles. The Hall–Kier alpha value is -2.22. The lowest BCUT2D eigenvalue weighted by Crippen LogP contribution is -2.01. The Bertz CT molecular complexity index is 587. The fourth-order valence-corrected chi connectivity index (χ4v) is 1.53. The van der Waals surface area contributed by atoms with Gasteiger partial charge in [0.15, 0.2) is 17.2 Å². The van der Waals surface area contributed by atoms with E-state index in [1.165, 1.54) is 11.8 Å². The predicted molar refractivity (Wildman–Crippen MR) is 60.9 cm³/mol. The number of hydrogen-bond donors (Lipinski definition) is 3. The van der Waals surface area contributed by atoms with Crippen molar-refractivity contribution in [1.82, 2.24) is 10.2 Å². The van der Waals surface area contributed by atoms with Crippen LogP contribution < -0.4 is 0 Å². The Morgan fingerprint density at radius 2 is 1.83 bits per heavy atom. The Balaban J connectivity index is 2.40. The zero-order chi connectivity index (χ0) is 13.3. The standard InChI is InChI=1S/C10H8N2O5S/c1-18-10-12-11-9(17-10)7(15)4-2-5(13)8(16)6(14)3-4/h2-3,13-14,16H,1H3. The van der Waals surface area contributed by atoms with Gasteiger partial charge in [0.05, 0.1) is 0 Å². The number of phenols is 3. The van der Waals surface area contributed by atoms with Crippen LogP contribution in [0.25, 0.3) is 0 Å². The van der Waals surface area contributed by atoms with Gasteiger partial charge in [-0.05, 0) is 18.4 Å². The number of ketones is 1. The number of thioether (sulfide) groups is 1. The average Bonchev–Trinajstić information content (AvgIpc) is 2.83. The summed E-state index contributed by atoms with van der Waals surface area (Å²) in [6, 6.07) is 2.00. The Labute approximate surface area is 105 Å². The number of phenolic OH excluding ortho intramolecular Hbond substituents is 3. The summed E-state index contributed by atoms with van der Waals surface area (Å²) in [5.74, 6) is -2.83. The van der Waals surface area contributed by atoms with E-state index in [0.717, 1.165) is 12.1 Å². The van der Waals surface area contributed by atoms with Crippen molar-refractivity contribution in [2.24, 2.45) is 0 Å². The molecule has 2 rings (SSSR count). The topological polar surface area (TPSA) is 117 Å². The van der Waals surface area contributed by atoms with Crippen molar-refractivity contribution < 1.29 is 24.5 Å². The molecule has 1 aromatic heterocycles. The molecule has 0 fully saturated rings. The van der Waals surface area contributed by atoms with Gasteiger partial charge in [0, 0.05) is 5.56 Å². The largest absolute Gasteiger partial charge is 0.504 e. The van der Waals surface area contributed by atoms with E-state index in [-0.39, 0.29) is 16.7 Å². The molecule has 0 unspecified atom stereocenters. The smallest absolute Gasteiger partial charge is 0.289 e. The van der Waals surface area contributed by atoms with Crippen molar-refractivity contribution in [3.05, 3.63) is 23.6 Å². The molecule has 2 aromatic rings. The Morgan fingerprint density at radius 3 is 2.33 bits per heavy atom. The van der Waals surface area contributed by atoms with Crippen molar-refractivity contribution in [1.29, 1.82) is 0 Å². The SMILES string of the molecule is CSc1nnc(C(=O)c2cc(O)c(O)c(O)c2)o1. The molecule has 0 aliphatic carbocycles. The fourth-order valence-electron chi connectivity index (χ4n) is 1.24. The van der Waals surface area contributed by atoms with E-state index < -0.39 is 23.0 Å². The Morgan fingerprint density at radius 1 is 1.22 bits per heavy atom. The van der Waals surface area contributed by atoms with Crippen LogP contribution in [0.2, 0.25) is 0 Å². The van der Waals surface area contributed by atoms with Gasteiger partial charge in [0.1, 0.15) is 0 Å². The lowest BCUT2D eigenvalue weighted by Gasteiger charge is -2.02. The molecule has 0 amide bonds. The quantitative estimate of drug-likeness (QED) is 0.431. The summed E-state index contributed by atoms with van der Waals surface area (Å²) in [7, 11) is 0. The average molecular weight is 268 g/mol. The van der Waals surface area contributed by atoms with Gasteiger partial charge in [0.2, 0.25) is 5.78 Å². The first-order chi connectivity index (χ1) is 8.52. The van der Waals surface area contributed by atoms with Crippen LogP contribution in [0.3, 0.4) is 0 Å². The molecule has 8 heteroatoms. The highest BCUT2D eigenvalue weighted by atomic mass is 32.2. The van der Waals surface area contributed by atoms with Crippen LogP contribution in [-0.2, 0) is 0 Å². The van der Waals surface area contributed by atoms with Gasteiger partial charge in [-0.2, -0.15) is 0 Å². The zero-order valence-corrected chi connectivity index (χ0v) is 9.93. The van der Waals surface area contributed by atoms with Crippen LogP contribution in [0, 0.1) is 0 Å². The number of carbonyl (C=O) groups excluding carboxylic acids is 1. The van der Waals surface area contributed by atoms with Gasteiger partial charge in [0.25, 0.3) is 11.1 Å². The molecular formula is C10H8N2O5S. The van der Waals surface area contributed by atoms with Crippen LogP contribution in [0.4, 0.5) is 0 Å². The minimum atomic E-state index is -0.693. The highest BCUT2D eigenvalue weighted by molar-refractivity contribution is 7.98. The predicted octanol–water partition coefficient (Wildman–Crippen LogP) is 1.14. The summed E-state index contributed by atoms with van der Waals surface area (Å²) in [5.41, 5.74) is -0.0703. The molecule has 0 saturated carbocycles. The molecule has 1 heterocycles. The second-order valence-corrected chi connectivity index (χ2v) is 4.03. The summed E-state index contributed by atoms with van der Waals surface area (Å²) < 4.78 is 5.02.